The van der Waals surface area contributed by atoms with Crippen LogP contribution >= 0.6 is 11.6 Å². The van der Waals surface area contributed by atoms with Crippen molar-refractivity contribution in [2.75, 3.05) is 0 Å². The number of hydrogen-bond acceptors (Lipinski definition) is 2. The predicted octanol–water partition coefficient (Wildman–Crippen LogP) is 3.15. The summed E-state index contributed by atoms with van der Waals surface area (Å²) in [5.41, 5.74) is 0.876. The second-order valence-electron chi connectivity index (χ2n) is 3.13. The van der Waals surface area contributed by atoms with Crippen LogP contribution in [0.4, 0.5) is 4.39 Å². The lowest BCUT2D eigenvalue weighted by molar-refractivity contribution is 0.219. The van der Waals surface area contributed by atoms with Gasteiger partial charge < -0.3 is 9.52 Å². The highest BCUT2D eigenvalue weighted by Gasteiger charge is 2.15. The van der Waals surface area contributed by atoms with E-state index in [9.17, 15) is 9.50 Å². The molecule has 1 heterocycles. The molecule has 0 amide bonds. The first kappa shape index (κ1) is 10.2. The molecule has 0 spiro atoms. The van der Waals surface area contributed by atoms with Gasteiger partial charge in [-0.15, -0.1) is 0 Å². The van der Waals surface area contributed by atoms with Crippen molar-refractivity contribution in [1.29, 1.82) is 0 Å². The quantitative estimate of drug-likeness (QED) is 0.853. The van der Waals surface area contributed by atoms with E-state index in [0.29, 0.717) is 16.1 Å². The van der Waals surface area contributed by atoms with Gasteiger partial charge in [0.25, 0.3) is 0 Å². The minimum absolute atomic E-state index is 0.324. The van der Waals surface area contributed by atoms with Crippen molar-refractivity contribution in [1.82, 2.24) is 0 Å². The number of rotatable bonds is 2. The van der Waals surface area contributed by atoms with Crippen molar-refractivity contribution < 1.29 is 13.9 Å². The van der Waals surface area contributed by atoms with Crippen LogP contribution in [-0.2, 0) is 0 Å². The smallest absolute Gasteiger partial charge is 0.123 e. The molecule has 0 saturated heterocycles. The van der Waals surface area contributed by atoms with Crippen LogP contribution in [0.3, 0.4) is 0 Å². The fraction of sp³-hybridized carbons (Fsp3) is 0.0909. The van der Waals surface area contributed by atoms with Crippen molar-refractivity contribution in [2.45, 2.75) is 6.10 Å². The van der Waals surface area contributed by atoms with Gasteiger partial charge in [0.05, 0.1) is 12.5 Å². The normalized spacial score (nSPS) is 12.7. The highest BCUT2D eigenvalue weighted by molar-refractivity contribution is 6.31. The second-order valence-corrected chi connectivity index (χ2v) is 3.53. The first-order valence-corrected chi connectivity index (χ1v) is 4.71. The van der Waals surface area contributed by atoms with Gasteiger partial charge >= 0.3 is 0 Å². The standard InChI is InChI=1S/C11H8ClFO2/c12-10-2-1-8(13)5-9(10)11(14)7-3-4-15-6-7/h1-6,11,14H. The third kappa shape index (κ3) is 2.03. The predicted molar refractivity (Wildman–Crippen MR) is 54.2 cm³/mol. The van der Waals surface area contributed by atoms with Gasteiger partial charge in [0.2, 0.25) is 0 Å². The number of benzene rings is 1. The van der Waals surface area contributed by atoms with E-state index in [-0.39, 0.29) is 0 Å². The van der Waals surface area contributed by atoms with Crippen LogP contribution in [0.15, 0.2) is 41.2 Å². The highest BCUT2D eigenvalue weighted by atomic mass is 35.5. The molecule has 78 valence electrons. The van der Waals surface area contributed by atoms with Gasteiger partial charge in [-0.25, -0.2) is 4.39 Å². The zero-order chi connectivity index (χ0) is 10.8. The number of aliphatic hydroxyl groups excluding tert-OH is 1. The number of furan rings is 1. The van der Waals surface area contributed by atoms with E-state index < -0.39 is 11.9 Å². The summed E-state index contributed by atoms with van der Waals surface area (Å²) < 4.78 is 17.8. The zero-order valence-electron chi connectivity index (χ0n) is 7.65. The molecule has 0 radical (unpaired) electrons. The van der Waals surface area contributed by atoms with Gasteiger partial charge in [0.1, 0.15) is 11.9 Å². The molecule has 0 bridgehead atoms. The molecule has 1 atom stereocenters. The van der Waals surface area contributed by atoms with Crippen molar-refractivity contribution in [3.05, 3.63) is 58.8 Å². The summed E-state index contributed by atoms with van der Waals surface area (Å²) >= 11 is 5.85. The Morgan fingerprint density at radius 3 is 2.80 bits per heavy atom. The number of aliphatic hydroxyl groups is 1. The second kappa shape index (κ2) is 4.04. The fourth-order valence-electron chi connectivity index (χ4n) is 1.33. The van der Waals surface area contributed by atoms with Gasteiger partial charge in [-0.05, 0) is 24.3 Å². The average molecular weight is 227 g/mol. The van der Waals surface area contributed by atoms with Gasteiger partial charge in [-0.1, -0.05) is 11.6 Å². The third-order valence-electron chi connectivity index (χ3n) is 2.11. The van der Waals surface area contributed by atoms with E-state index in [1.54, 1.807) is 6.07 Å². The van der Waals surface area contributed by atoms with E-state index >= 15 is 0 Å². The topological polar surface area (TPSA) is 33.4 Å². The Balaban J connectivity index is 2.41. The molecule has 1 unspecified atom stereocenters. The zero-order valence-corrected chi connectivity index (χ0v) is 8.41. The van der Waals surface area contributed by atoms with Crippen molar-refractivity contribution in [2.24, 2.45) is 0 Å². The number of hydrogen-bond donors (Lipinski definition) is 1. The average Bonchev–Trinajstić information content (AvgIpc) is 2.74. The van der Waals surface area contributed by atoms with Crippen LogP contribution in [0.5, 0.6) is 0 Å². The molecule has 2 aromatic rings. The van der Waals surface area contributed by atoms with Crippen LogP contribution in [0.25, 0.3) is 0 Å². The summed E-state index contributed by atoms with van der Waals surface area (Å²) in [5.74, 6) is -0.433. The molecule has 4 heteroatoms. The summed E-state index contributed by atoms with van der Waals surface area (Å²) in [4.78, 5) is 0. The SMILES string of the molecule is OC(c1ccoc1)c1cc(F)ccc1Cl. The molecule has 15 heavy (non-hydrogen) atoms. The van der Waals surface area contributed by atoms with E-state index in [2.05, 4.69) is 0 Å². The molecule has 2 nitrogen and oxygen atoms in total. The first-order chi connectivity index (χ1) is 7.18. The van der Waals surface area contributed by atoms with Crippen LogP contribution in [0.1, 0.15) is 17.2 Å². The summed E-state index contributed by atoms with van der Waals surface area (Å²) in [6.07, 6.45) is 1.87. The molecular weight excluding hydrogens is 219 g/mol. The minimum atomic E-state index is -0.966. The summed E-state index contributed by atoms with van der Waals surface area (Å²) in [7, 11) is 0. The van der Waals surface area contributed by atoms with Gasteiger partial charge in [0.15, 0.2) is 0 Å². The molecule has 0 aliphatic rings. The molecule has 0 aliphatic heterocycles. The van der Waals surface area contributed by atoms with Crippen molar-refractivity contribution in [3.8, 4) is 0 Å². The molecular formula is C11H8ClFO2. The Hall–Kier alpha value is -1.32. The van der Waals surface area contributed by atoms with Crippen LogP contribution < -0.4 is 0 Å². The summed E-state index contributed by atoms with van der Waals surface area (Å²) in [6.45, 7) is 0. The van der Waals surface area contributed by atoms with Gasteiger partial charge in [0, 0.05) is 16.1 Å². The molecule has 2 rings (SSSR count). The first-order valence-electron chi connectivity index (χ1n) is 4.33. The minimum Gasteiger partial charge on any atom is -0.472 e. The maximum absolute atomic E-state index is 13.0. The molecule has 0 fully saturated rings. The summed E-state index contributed by atoms with van der Waals surface area (Å²) in [6, 6.07) is 5.47. The van der Waals surface area contributed by atoms with Crippen LogP contribution in [0, 0.1) is 5.82 Å². The van der Waals surface area contributed by atoms with Crippen LogP contribution in [0.2, 0.25) is 5.02 Å². The lowest BCUT2D eigenvalue weighted by Crippen LogP contribution is -1.99. The third-order valence-corrected chi connectivity index (χ3v) is 2.46. The fourth-order valence-corrected chi connectivity index (χ4v) is 1.56. The Kier molecular flexibility index (Phi) is 2.75. The monoisotopic (exact) mass is 226 g/mol. The Bertz CT molecular complexity index is 454. The Morgan fingerprint density at radius 2 is 2.13 bits per heavy atom. The lowest BCUT2D eigenvalue weighted by Gasteiger charge is -2.10. The van der Waals surface area contributed by atoms with E-state index in [4.69, 9.17) is 16.0 Å². The van der Waals surface area contributed by atoms with Crippen molar-refractivity contribution >= 4 is 11.6 Å². The highest BCUT2D eigenvalue weighted by Crippen LogP contribution is 2.28. The largest absolute Gasteiger partial charge is 0.472 e. The van der Waals surface area contributed by atoms with E-state index in [1.165, 1.54) is 30.7 Å². The molecule has 1 aromatic heterocycles. The van der Waals surface area contributed by atoms with Crippen LogP contribution in [-0.4, -0.2) is 5.11 Å². The maximum Gasteiger partial charge on any atom is 0.123 e. The number of halogens is 2. The van der Waals surface area contributed by atoms with Gasteiger partial charge in [-0.3, -0.25) is 0 Å². The molecule has 0 saturated carbocycles. The van der Waals surface area contributed by atoms with Crippen molar-refractivity contribution in [3.63, 3.8) is 0 Å². The Labute approximate surface area is 90.9 Å². The molecule has 1 N–H and O–H groups in total. The van der Waals surface area contributed by atoms with E-state index in [0.717, 1.165) is 0 Å². The summed E-state index contributed by atoms with van der Waals surface area (Å²) in [5, 5.41) is 10.2. The Morgan fingerprint density at radius 1 is 1.33 bits per heavy atom. The maximum atomic E-state index is 13.0. The lowest BCUT2D eigenvalue weighted by atomic mass is 10.0. The molecule has 1 aromatic carbocycles. The van der Waals surface area contributed by atoms with E-state index in [1.807, 2.05) is 0 Å². The van der Waals surface area contributed by atoms with Gasteiger partial charge in [-0.2, -0.15) is 0 Å². The molecule has 0 aliphatic carbocycles.